The van der Waals surface area contributed by atoms with Crippen molar-refractivity contribution in [2.45, 2.75) is 12.8 Å². The Bertz CT molecular complexity index is 351. The highest BCUT2D eigenvalue weighted by atomic mass is 35.5. The largest absolute Gasteiger partial charge is 0.356 e. The predicted octanol–water partition coefficient (Wildman–Crippen LogP) is 2.02. The SMILES string of the molecule is O=C1NCC[C@H]1Cc1cccc(Cl)c1. The molecule has 0 unspecified atom stereocenters. The highest BCUT2D eigenvalue weighted by molar-refractivity contribution is 6.30. The molecule has 14 heavy (non-hydrogen) atoms. The maximum absolute atomic E-state index is 11.3. The fourth-order valence-electron chi connectivity index (χ4n) is 1.79. The van der Waals surface area contributed by atoms with Crippen LogP contribution in [0.1, 0.15) is 12.0 Å². The highest BCUT2D eigenvalue weighted by Crippen LogP contribution is 2.18. The van der Waals surface area contributed by atoms with E-state index >= 15 is 0 Å². The molecule has 1 fully saturated rings. The van der Waals surface area contributed by atoms with Crippen molar-refractivity contribution in [2.24, 2.45) is 5.92 Å². The van der Waals surface area contributed by atoms with E-state index in [1.54, 1.807) is 0 Å². The number of carbonyl (C=O) groups is 1. The maximum Gasteiger partial charge on any atom is 0.223 e. The fraction of sp³-hybridized carbons (Fsp3) is 0.364. The number of halogens is 1. The quantitative estimate of drug-likeness (QED) is 0.794. The van der Waals surface area contributed by atoms with E-state index in [9.17, 15) is 4.79 Å². The summed E-state index contributed by atoms with van der Waals surface area (Å²) in [5.74, 6) is 0.304. The Morgan fingerprint density at radius 1 is 1.50 bits per heavy atom. The lowest BCUT2D eigenvalue weighted by Crippen LogP contribution is -2.20. The van der Waals surface area contributed by atoms with Crippen molar-refractivity contribution in [2.75, 3.05) is 6.54 Å². The standard InChI is InChI=1S/C11H12ClNO/c12-10-3-1-2-8(7-10)6-9-4-5-13-11(9)14/h1-3,7,9H,4-6H2,(H,13,14)/t9-/m0/s1. The number of hydrogen-bond acceptors (Lipinski definition) is 1. The molecule has 0 saturated carbocycles. The van der Waals surface area contributed by atoms with Crippen LogP contribution in [0.15, 0.2) is 24.3 Å². The molecule has 1 saturated heterocycles. The van der Waals surface area contributed by atoms with Gasteiger partial charge in [-0.3, -0.25) is 4.79 Å². The molecule has 1 atom stereocenters. The van der Waals surface area contributed by atoms with Gasteiger partial charge in [0.25, 0.3) is 0 Å². The monoisotopic (exact) mass is 209 g/mol. The molecule has 1 aliphatic heterocycles. The van der Waals surface area contributed by atoms with E-state index in [-0.39, 0.29) is 11.8 Å². The van der Waals surface area contributed by atoms with Crippen LogP contribution in [-0.4, -0.2) is 12.5 Å². The van der Waals surface area contributed by atoms with Crippen molar-refractivity contribution in [3.8, 4) is 0 Å². The van der Waals surface area contributed by atoms with Gasteiger partial charge in [0, 0.05) is 17.5 Å². The van der Waals surface area contributed by atoms with Crippen molar-refractivity contribution in [1.82, 2.24) is 5.32 Å². The molecule has 0 aromatic heterocycles. The number of carbonyl (C=O) groups excluding carboxylic acids is 1. The van der Waals surface area contributed by atoms with Gasteiger partial charge in [0.2, 0.25) is 5.91 Å². The molecule has 0 bridgehead atoms. The van der Waals surface area contributed by atoms with Crippen LogP contribution in [-0.2, 0) is 11.2 Å². The molecule has 0 spiro atoms. The van der Waals surface area contributed by atoms with Crippen molar-refractivity contribution in [3.63, 3.8) is 0 Å². The molecular formula is C11H12ClNO. The molecule has 1 heterocycles. The second-order valence-corrected chi connectivity index (χ2v) is 4.05. The first kappa shape index (κ1) is 9.53. The molecule has 74 valence electrons. The Kier molecular flexibility index (Phi) is 2.73. The summed E-state index contributed by atoms with van der Waals surface area (Å²) in [7, 11) is 0. The number of nitrogens with one attached hydrogen (secondary N) is 1. The zero-order valence-electron chi connectivity index (χ0n) is 7.79. The molecule has 1 N–H and O–H groups in total. The lowest BCUT2D eigenvalue weighted by atomic mass is 9.98. The summed E-state index contributed by atoms with van der Waals surface area (Å²) in [5.41, 5.74) is 1.14. The van der Waals surface area contributed by atoms with E-state index in [0.717, 1.165) is 30.0 Å². The lowest BCUT2D eigenvalue weighted by Gasteiger charge is -2.06. The van der Waals surface area contributed by atoms with Crippen LogP contribution in [0.3, 0.4) is 0 Å². The highest BCUT2D eigenvalue weighted by Gasteiger charge is 2.23. The van der Waals surface area contributed by atoms with Crippen molar-refractivity contribution < 1.29 is 4.79 Å². The molecule has 3 heteroatoms. The summed E-state index contributed by atoms with van der Waals surface area (Å²) in [4.78, 5) is 11.3. The molecule has 2 nitrogen and oxygen atoms in total. The van der Waals surface area contributed by atoms with E-state index in [0.29, 0.717) is 0 Å². The van der Waals surface area contributed by atoms with Crippen LogP contribution in [0.5, 0.6) is 0 Å². The van der Waals surface area contributed by atoms with Crippen LogP contribution < -0.4 is 5.32 Å². The Morgan fingerprint density at radius 3 is 3.00 bits per heavy atom. The summed E-state index contributed by atoms with van der Waals surface area (Å²) in [5, 5.41) is 3.57. The van der Waals surface area contributed by atoms with Gasteiger partial charge < -0.3 is 5.32 Å². The average Bonchev–Trinajstić information content (AvgIpc) is 2.52. The van der Waals surface area contributed by atoms with Gasteiger partial charge in [-0.05, 0) is 30.5 Å². The first-order chi connectivity index (χ1) is 6.75. The smallest absolute Gasteiger partial charge is 0.223 e. The Hall–Kier alpha value is -1.02. The third kappa shape index (κ3) is 2.07. The van der Waals surface area contributed by atoms with E-state index in [1.165, 1.54) is 0 Å². The number of hydrogen-bond donors (Lipinski definition) is 1. The maximum atomic E-state index is 11.3. The Balaban J connectivity index is 2.07. The normalized spacial score (nSPS) is 20.9. The second kappa shape index (κ2) is 4.01. The molecule has 1 aliphatic rings. The summed E-state index contributed by atoms with van der Waals surface area (Å²) in [6, 6.07) is 7.70. The van der Waals surface area contributed by atoms with Crippen LogP contribution in [0, 0.1) is 5.92 Å². The van der Waals surface area contributed by atoms with Crippen molar-refractivity contribution in [1.29, 1.82) is 0 Å². The number of rotatable bonds is 2. The van der Waals surface area contributed by atoms with Gasteiger partial charge in [-0.1, -0.05) is 23.7 Å². The van der Waals surface area contributed by atoms with Gasteiger partial charge in [-0.25, -0.2) is 0 Å². The van der Waals surface area contributed by atoms with Crippen molar-refractivity contribution >= 4 is 17.5 Å². The molecule has 0 radical (unpaired) electrons. The molecule has 1 aromatic carbocycles. The van der Waals surface area contributed by atoms with E-state index < -0.39 is 0 Å². The van der Waals surface area contributed by atoms with Gasteiger partial charge >= 0.3 is 0 Å². The lowest BCUT2D eigenvalue weighted by molar-refractivity contribution is -0.122. The topological polar surface area (TPSA) is 29.1 Å². The van der Waals surface area contributed by atoms with Crippen LogP contribution in [0.4, 0.5) is 0 Å². The summed E-state index contributed by atoms with van der Waals surface area (Å²) >= 11 is 5.87. The van der Waals surface area contributed by atoms with Gasteiger partial charge in [0.05, 0.1) is 0 Å². The third-order valence-corrected chi connectivity index (χ3v) is 2.77. The van der Waals surface area contributed by atoms with E-state index in [2.05, 4.69) is 5.32 Å². The summed E-state index contributed by atoms with van der Waals surface area (Å²) in [6.07, 6.45) is 1.73. The number of benzene rings is 1. The van der Waals surface area contributed by atoms with Gasteiger partial charge in [-0.2, -0.15) is 0 Å². The van der Waals surface area contributed by atoms with Gasteiger partial charge in [0.15, 0.2) is 0 Å². The first-order valence-electron chi connectivity index (χ1n) is 4.78. The van der Waals surface area contributed by atoms with Crippen molar-refractivity contribution in [3.05, 3.63) is 34.9 Å². The van der Waals surface area contributed by atoms with Gasteiger partial charge in [0.1, 0.15) is 0 Å². The van der Waals surface area contributed by atoms with Crippen LogP contribution >= 0.6 is 11.6 Å². The molecule has 2 rings (SSSR count). The fourth-order valence-corrected chi connectivity index (χ4v) is 2.00. The van der Waals surface area contributed by atoms with Gasteiger partial charge in [-0.15, -0.1) is 0 Å². The zero-order valence-corrected chi connectivity index (χ0v) is 8.55. The minimum atomic E-state index is 0.133. The summed E-state index contributed by atoms with van der Waals surface area (Å²) < 4.78 is 0. The minimum absolute atomic E-state index is 0.133. The van der Waals surface area contributed by atoms with Crippen LogP contribution in [0.25, 0.3) is 0 Å². The first-order valence-corrected chi connectivity index (χ1v) is 5.15. The average molecular weight is 210 g/mol. The van der Waals surface area contributed by atoms with Crippen LogP contribution in [0.2, 0.25) is 5.02 Å². The Morgan fingerprint density at radius 2 is 2.36 bits per heavy atom. The summed E-state index contributed by atoms with van der Waals surface area (Å²) in [6.45, 7) is 0.810. The third-order valence-electron chi connectivity index (χ3n) is 2.53. The zero-order chi connectivity index (χ0) is 9.97. The molecular weight excluding hydrogens is 198 g/mol. The minimum Gasteiger partial charge on any atom is -0.356 e. The molecule has 0 aliphatic carbocycles. The number of amides is 1. The van der Waals surface area contributed by atoms with E-state index in [1.807, 2.05) is 24.3 Å². The molecule has 1 aromatic rings. The predicted molar refractivity (Wildman–Crippen MR) is 56.3 cm³/mol. The molecule has 1 amide bonds. The second-order valence-electron chi connectivity index (χ2n) is 3.61. The van der Waals surface area contributed by atoms with E-state index in [4.69, 9.17) is 11.6 Å². The Labute approximate surface area is 88.3 Å².